The van der Waals surface area contributed by atoms with Gasteiger partial charge in [0.05, 0.1) is 19.1 Å². The molecule has 29 heavy (non-hydrogen) atoms. The fraction of sp³-hybridized carbons (Fsp3) is 0.364. The molecule has 0 spiro atoms. The molecule has 2 aromatic carbocycles. The predicted molar refractivity (Wildman–Crippen MR) is 110 cm³/mol. The SMILES string of the molecule is CN(CCO)C(=O)C[C@H]1C(=O)NCCN1Cc1cccc(Oc2ccccc2)c1. The molecule has 1 atom stereocenters. The molecule has 0 aromatic heterocycles. The Kier molecular flexibility index (Phi) is 7.21. The van der Waals surface area contributed by atoms with Gasteiger partial charge in [0.1, 0.15) is 11.5 Å². The number of piperazine rings is 1. The summed E-state index contributed by atoms with van der Waals surface area (Å²) in [6.45, 7) is 1.91. The van der Waals surface area contributed by atoms with Gasteiger partial charge in [-0.15, -0.1) is 0 Å². The summed E-state index contributed by atoms with van der Waals surface area (Å²) in [7, 11) is 1.63. The minimum absolute atomic E-state index is 0.0859. The van der Waals surface area contributed by atoms with Gasteiger partial charge in [0.25, 0.3) is 0 Å². The van der Waals surface area contributed by atoms with Crippen LogP contribution in [0.4, 0.5) is 0 Å². The van der Waals surface area contributed by atoms with E-state index in [0.717, 1.165) is 17.1 Å². The third-order valence-electron chi connectivity index (χ3n) is 4.93. The van der Waals surface area contributed by atoms with Crippen molar-refractivity contribution in [1.82, 2.24) is 15.1 Å². The third kappa shape index (κ3) is 5.79. The van der Waals surface area contributed by atoms with Crippen molar-refractivity contribution >= 4 is 11.8 Å². The normalized spacial score (nSPS) is 16.9. The van der Waals surface area contributed by atoms with E-state index < -0.39 is 6.04 Å². The number of nitrogens with one attached hydrogen (secondary N) is 1. The van der Waals surface area contributed by atoms with Crippen molar-refractivity contribution in [2.45, 2.75) is 19.0 Å². The van der Waals surface area contributed by atoms with Gasteiger partial charge < -0.3 is 20.1 Å². The van der Waals surface area contributed by atoms with Crippen molar-refractivity contribution in [3.63, 3.8) is 0 Å². The molecule has 3 rings (SSSR count). The third-order valence-corrected chi connectivity index (χ3v) is 4.93. The highest BCUT2D eigenvalue weighted by Crippen LogP contribution is 2.23. The van der Waals surface area contributed by atoms with Gasteiger partial charge in [-0.3, -0.25) is 14.5 Å². The first-order chi connectivity index (χ1) is 14.1. The molecule has 0 radical (unpaired) electrons. The Bertz CT molecular complexity index is 828. The maximum absolute atomic E-state index is 12.4. The summed E-state index contributed by atoms with van der Waals surface area (Å²) < 4.78 is 5.90. The highest BCUT2D eigenvalue weighted by molar-refractivity contribution is 5.88. The van der Waals surface area contributed by atoms with Crippen molar-refractivity contribution in [3.05, 3.63) is 60.2 Å². The van der Waals surface area contributed by atoms with Gasteiger partial charge in [-0.25, -0.2) is 0 Å². The van der Waals surface area contributed by atoms with Crippen molar-refractivity contribution in [1.29, 1.82) is 0 Å². The molecule has 1 heterocycles. The fourth-order valence-corrected chi connectivity index (χ4v) is 3.34. The number of hydrogen-bond acceptors (Lipinski definition) is 5. The Labute approximate surface area is 170 Å². The minimum atomic E-state index is -0.531. The fourth-order valence-electron chi connectivity index (χ4n) is 3.34. The van der Waals surface area contributed by atoms with Crippen molar-refractivity contribution in [2.75, 3.05) is 33.3 Å². The average molecular weight is 397 g/mol. The van der Waals surface area contributed by atoms with E-state index in [2.05, 4.69) is 5.32 Å². The molecule has 0 saturated carbocycles. The summed E-state index contributed by atoms with van der Waals surface area (Å²) in [6, 6.07) is 16.8. The summed E-state index contributed by atoms with van der Waals surface area (Å²) in [5.41, 5.74) is 1.01. The lowest BCUT2D eigenvalue weighted by molar-refractivity contribution is -0.138. The van der Waals surface area contributed by atoms with E-state index >= 15 is 0 Å². The molecule has 1 aliphatic heterocycles. The van der Waals surface area contributed by atoms with Crippen LogP contribution >= 0.6 is 0 Å². The number of nitrogens with zero attached hydrogens (tertiary/aromatic N) is 2. The summed E-state index contributed by atoms with van der Waals surface area (Å²) in [4.78, 5) is 28.3. The lowest BCUT2D eigenvalue weighted by Gasteiger charge is -2.35. The summed E-state index contributed by atoms with van der Waals surface area (Å²) in [5.74, 6) is 1.19. The van der Waals surface area contributed by atoms with Crippen LogP contribution in [-0.4, -0.2) is 66.1 Å². The monoisotopic (exact) mass is 397 g/mol. The Hall–Kier alpha value is -2.90. The summed E-state index contributed by atoms with van der Waals surface area (Å²) >= 11 is 0. The highest BCUT2D eigenvalue weighted by atomic mass is 16.5. The van der Waals surface area contributed by atoms with Gasteiger partial charge in [0, 0.05) is 33.2 Å². The lowest BCUT2D eigenvalue weighted by atomic mass is 10.1. The summed E-state index contributed by atoms with van der Waals surface area (Å²) in [5, 5.41) is 11.9. The van der Waals surface area contributed by atoms with E-state index in [-0.39, 0.29) is 31.4 Å². The number of benzene rings is 2. The molecule has 1 saturated heterocycles. The second kappa shape index (κ2) is 10.0. The minimum Gasteiger partial charge on any atom is -0.457 e. The van der Waals surface area contributed by atoms with Crippen LogP contribution in [0.2, 0.25) is 0 Å². The molecule has 2 amide bonds. The Morgan fingerprint density at radius 1 is 1.21 bits per heavy atom. The number of aliphatic hydroxyl groups excluding tert-OH is 1. The lowest BCUT2D eigenvalue weighted by Crippen LogP contribution is -2.56. The van der Waals surface area contributed by atoms with Crippen molar-refractivity contribution in [2.24, 2.45) is 0 Å². The van der Waals surface area contributed by atoms with Crippen LogP contribution in [0.5, 0.6) is 11.5 Å². The van der Waals surface area contributed by atoms with E-state index in [9.17, 15) is 9.59 Å². The van der Waals surface area contributed by atoms with E-state index in [1.165, 1.54) is 4.90 Å². The smallest absolute Gasteiger partial charge is 0.237 e. The zero-order valence-electron chi connectivity index (χ0n) is 16.6. The first kappa shape index (κ1) is 20.8. The number of amides is 2. The van der Waals surface area contributed by atoms with Crippen LogP contribution in [0.1, 0.15) is 12.0 Å². The molecular weight excluding hydrogens is 370 g/mol. The molecule has 2 aromatic rings. The van der Waals surface area contributed by atoms with Crippen LogP contribution in [0, 0.1) is 0 Å². The van der Waals surface area contributed by atoms with Gasteiger partial charge >= 0.3 is 0 Å². The van der Waals surface area contributed by atoms with Gasteiger partial charge in [0.2, 0.25) is 11.8 Å². The zero-order valence-corrected chi connectivity index (χ0v) is 16.6. The van der Waals surface area contributed by atoms with E-state index in [1.807, 2.05) is 59.5 Å². The van der Waals surface area contributed by atoms with Crippen molar-refractivity contribution in [3.8, 4) is 11.5 Å². The van der Waals surface area contributed by atoms with Crippen LogP contribution in [0.15, 0.2) is 54.6 Å². The van der Waals surface area contributed by atoms with Crippen LogP contribution in [-0.2, 0) is 16.1 Å². The first-order valence-electron chi connectivity index (χ1n) is 9.75. The number of hydrogen-bond donors (Lipinski definition) is 2. The number of carbonyl (C=O) groups is 2. The second-order valence-corrected chi connectivity index (χ2v) is 7.08. The molecule has 154 valence electrons. The number of carbonyl (C=O) groups excluding carboxylic acids is 2. The van der Waals surface area contributed by atoms with Gasteiger partial charge in [-0.1, -0.05) is 30.3 Å². The number of likely N-dealkylation sites (N-methyl/N-ethyl adjacent to an activating group) is 1. The first-order valence-corrected chi connectivity index (χ1v) is 9.75. The summed E-state index contributed by atoms with van der Waals surface area (Å²) in [6.07, 6.45) is 0.0859. The Morgan fingerprint density at radius 3 is 2.72 bits per heavy atom. The molecule has 0 unspecified atom stereocenters. The standard InChI is InChI=1S/C22H27N3O4/c1-24(12-13-26)21(27)15-20-22(28)23-10-11-25(20)16-17-6-5-9-19(14-17)29-18-7-3-2-4-8-18/h2-9,14,20,26H,10-13,15-16H2,1H3,(H,23,28)/t20-/m0/s1. The number of para-hydroxylation sites is 1. The molecule has 2 N–H and O–H groups in total. The average Bonchev–Trinajstić information content (AvgIpc) is 2.72. The molecule has 0 aliphatic carbocycles. The quantitative estimate of drug-likeness (QED) is 0.707. The highest BCUT2D eigenvalue weighted by Gasteiger charge is 2.32. The zero-order chi connectivity index (χ0) is 20.6. The van der Waals surface area contributed by atoms with Crippen LogP contribution < -0.4 is 10.1 Å². The number of rotatable bonds is 8. The molecular formula is C22H27N3O4. The van der Waals surface area contributed by atoms with Gasteiger partial charge in [-0.05, 0) is 29.8 Å². The number of ether oxygens (including phenoxy) is 1. The Morgan fingerprint density at radius 2 is 1.97 bits per heavy atom. The van der Waals surface area contributed by atoms with E-state index in [0.29, 0.717) is 19.6 Å². The van der Waals surface area contributed by atoms with Crippen LogP contribution in [0.25, 0.3) is 0 Å². The topological polar surface area (TPSA) is 82.1 Å². The maximum atomic E-state index is 12.4. The van der Waals surface area contributed by atoms with Crippen LogP contribution in [0.3, 0.4) is 0 Å². The molecule has 7 heteroatoms. The molecule has 1 aliphatic rings. The van der Waals surface area contributed by atoms with Gasteiger partial charge in [0.15, 0.2) is 0 Å². The largest absolute Gasteiger partial charge is 0.457 e. The van der Waals surface area contributed by atoms with E-state index in [4.69, 9.17) is 9.84 Å². The predicted octanol–water partition coefficient (Wildman–Crippen LogP) is 1.62. The van der Waals surface area contributed by atoms with Crippen molar-refractivity contribution < 1.29 is 19.4 Å². The Balaban J connectivity index is 1.69. The second-order valence-electron chi connectivity index (χ2n) is 7.08. The molecule has 1 fully saturated rings. The van der Waals surface area contributed by atoms with Gasteiger partial charge in [-0.2, -0.15) is 0 Å². The number of aliphatic hydroxyl groups is 1. The van der Waals surface area contributed by atoms with E-state index in [1.54, 1.807) is 7.05 Å². The maximum Gasteiger partial charge on any atom is 0.237 e. The molecule has 7 nitrogen and oxygen atoms in total. The molecule has 0 bridgehead atoms.